The van der Waals surface area contributed by atoms with Crippen molar-refractivity contribution >= 4 is 18.4 Å². The van der Waals surface area contributed by atoms with Crippen molar-refractivity contribution in [2.24, 2.45) is 0 Å². The van der Waals surface area contributed by atoms with Gasteiger partial charge in [-0.2, -0.15) is 0 Å². The van der Waals surface area contributed by atoms with E-state index in [1.807, 2.05) is 0 Å². The Bertz CT molecular complexity index is 249. The van der Waals surface area contributed by atoms with E-state index >= 15 is 0 Å². The van der Waals surface area contributed by atoms with Crippen LogP contribution in [0.4, 0.5) is 0 Å². The molecule has 0 saturated carbocycles. The summed E-state index contributed by atoms with van der Waals surface area (Å²) in [4.78, 5) is 11.1. The van der Waals surface area contributed by atoms with Crippen LogP contribution in [-0.2, 0) is 4.79 Å². The van der Waals surface area contributed by atoms with Crippen molar-refractivity contribution < 1.29 is 9.90 Å². The number of halogens is 1. The Morgan fingerprint density at radius 2 is 1.29 bits per heavy atom. The smallest absolute Gasteiger partial charge is 0.323 e. The Labute approximate surface area is 137 Å². The maximum absolute atomic E-state index is 11.1. The monoisotopic (exact) mass is 321 g/mol. The van der Waals surface area contributed by atoms with Crippen LogP contribution in [0.2, 0.25) is 0 Å². The van der Waals surface area contributed by atoms with Crippen molar-refractivity contribution in [3.8, 4) is 0 Å². The number of aliphatic carboxylic acids is 1. The molecule has 0 heterocycles. The Morgan fingerprint density at radius 3 is 1.62 bits per heavy atom. The van der Waals surface area contributed by atoms with Gasteiger partial charge in [-0.05, 0) is 20.4 Å². The summed E-state index contributed by atoms with van der Waals surface area (Å²) in [6, 6.07) is 0. The molecule has 0 rings (SSSR count). The maximum atomic E-state index is 11.1. The number of nitrogens with one attached hydrogen (secondary N) is 1. The predicted octanol–water partition coefficient (Wildman–Crippen LogP) is 5.17. The fourth-order valence-corrected chi connectivity index (χ4v) is 2.48. The normalized spacial score (nSPS) is 13.5. The molecule has 0 aromatic rings. The summed E-state index contributed by atoms with van der Waals surface area (Å²) in [7, 11) is 1.73. The fraction of sp³-hybridized carbons (Fsp3) is 0.941. The molecule has 0 aliphatic heterocycles. The summed E-state index contributed by atoms with van der Waals surface area (Å²) in [5.41, 5.74) is -0.751. The zero-order chi connectivity index (χ0) is 15.3. The molecular weight excluding hydrogens is 286 g/mol. The van der Waals surface area contributed by atoms with Crippen molar-refractivity contribution in [2.45, 2.75) is 96.4 Å². The highest BCUT2D eigenvalue weighted by molar-refractivity contribution is 5.85. The van der Waals surface area contributed by atoms with Crippen molar-refractivity contribution in [1.82, 2.24) is 5.32 Å². The number of likely N-dealkylation sites (N-methyl/N-ethyl adjacent to an activating group) is 1. The van der Waals surface area contributed by atoms with E-state index in [0.717, 1.165) is 19.3 Å². The molecular formula is C17H36ClNO2. The van der Waals surface area contributed by atoms with Gasteiger partial charge in [0.05, 0.1) is 0 Å². The van der Waals surface area contributed by atoms with E-state index in [1.54, 1.807) is 14.0 Å². The van der Waals surface area contributed by atoms with E-state index in [2.05, 4.69) is 12.2 Å². The second-order valence-electron chi connectivity index (χ2n) is 6.17. The SMILES string of the molecule is CCCCCCCCCCCCCC(C)(NC)C(=O)O.Cl. The number of rotatable bonds is 14. The molecule has 1 atom stereocenters. The van der Waals surface area contributed by atoms with Gasteiger partial charge in [0.2, 0.25) is 0 Å². The van der Waals surface area contributed by atoms with Crippen LogP contribution in [0, 0.1) is 0 Å². The second-order valence-corrected chi connectivity index (χ2v) is 6.17. The molecule has 3 nitrogen and oxygen atoms in total. The van der Waals surface area contributed by atoms with E-state index in [1.165, 1.54) is 57.8 Å². The Kier molecular flexibility index (Phi) is 16.0. The van der Waals surface area contributed by atoms with E-state index in [4.69, 9.17) is 5.11 Å². The molecule has 128 valence electrons. The van der Waals surface area contributed by atoms with Crippen LogP contribution in [0.25, 0.3) is 0 Å². The van der Waals surface area contributed by atoms with Crippen LogP contribution >= 0.6 is 12.4 Å². The minimum Gasteiger partial charge on any atom is -0.480 e. The highest BCUT2D eigenvalue weighted by atomic mass is 35.5. The van der Waals surface area contributed by atoms with Crippen LogP contribution in [0.1, 0.15) is 90.9 Å². The standard InChI is InChI=1S/C17H35NO2.ClH/c1-4-5-6-7-8-9-10-11-12-13-14-15-17(2,18-3)16(19)20;/h18H,4-15H2,1-3H3,(H,19,20);1H. The average Bonchev–Trinajstić information content (AvgIpc) is 2.44. The third-order valence-electron chi connectivity index (χ3n) is 4.30. The van der Waals surface area contributed by atoms with Gasteiger partial charge >= 0.3 is 5.97 Å². The molecule has 0 fully saturated rings. The van der Waals surface area contributed by atoms with Gasteiger partial charge in [-0.1, -0.05) is 77.6 Å². The van der Waals surface area contributed by atoms with Gasteiger partial charge in [-0.3, -0.25) is 4.79 Å². The summed E-state index contributed by atoms with van der Waals surface area (Å²) >= 11 is 0. The second kappa shape index (κ2) is 14.6. The van der Waals surface area contributed by atoms with Gasteiger partial charge in [-0.15, -0.1) is 12.4 Å². The predicted molar refractivity (Wildman–Crippen MR) is 93.4 cm³/mol. The van der Waals surface area contributed by atoms with Crippen LogP contribution < -0.4 is 5.32 Å². The van der Waals surface area contributed by atoms with E-state index in [9.17, 15) is 4.79 Å². The van der Waals surface area contributed by atoms with Gasteiger partial charge in [0.1, 0.15) is 5.54 Å². The number of hydrogen-bond acceptors (Lipinski definition) is 2. The van der Waals surface area contributed by atoms with Crippen LogP contribution in [0.5, 0.6) is 0 Å². The summed E-state index contributed by atoms with van der Waals surface area (Å²) in [6.45, 7) is 4.02. The minimum absolute atomic E-state index is 0. The average molecular weight is 322 g/mol. The highest BCUT2D eigenvalue weighted by Gasteiger charge is 2.29. The zero-order valence-corrected chi connectivity index (χ0v) is 15.1. The molecule has 0 aromatic heterocycles. The molecule has 0 spiro atoms. The fourth-order valence-electron chi connectivity index (χ4n) is 2.48. The molecule has 4 heteroatoms. The number of carboxylic acids is 1. The van der Waals surface area contributed by atoms with Crippen LogP contribution in [-0.4, -0.2) is 23.7 Å². The highest BCUT2D eigenvalue weighted by Crippen LogP contribution is 2.16. The maximum Gasteiger partial charge on any atom is 0.323 e. The van der Waals surface area contributed by atoms with Gasteiger partial charge in [0.25, 0.3) is 0 Å². The molecule has 0 aliphatic rings. The Hall–Kier alpha value is -0.280. The lowest BCUT2D eigenvalue weighted by molar-refractivity contribution is -0.144. The van der Waals surface area contributed by atoms with Gasteiger partial charge in [0.15, 0.2) is 0 Å². The van der Waals surface area contributed by atoms with Crippen LogP contribution in [0.3, 0.4) is 0 Å². The van der Waals surface area contributed by atoms with Crippen LogP contribution in [0.15, 0.2) is 0 Å². The van der Waals surface area contributed by atoms with Crippen molar-refractivity contribution in [2.75, 3.05) is 7.05 Å². The number of carbonyl (C=O) groups is 1. The third-order valence-corrected chi connectivity index (χ3v) is 4.30. The molecule has 0 bridgehead atoms. The van der Waals surface area contributed by atoms with Crippen molar-refractivity contribution in [3.63, 3.8) is 0 Å². The largest absolute Gasteiger partial charge is 0.480 e. The summed E-state index contributed by atoms with van der Waals surface area (Å²) in [6.07, 6.45) is 15.0. The van der Waals surface area contributed by atoms with Crippen molar-refractivity contribution in [3.05, 3.63) is 0 Å². The molecule has 0 radical (unpaired) electrons. The van der Waals surface area contributed by atoms with E-state index in [0.29, 0.717) is 0 Å². The summed E-state index contributed by atoms with van der Waals surface area (Å²) in [5.74, 6) is -0.743. The first-order chi connectivity index (χ1) is 9.56. The minimum atomic E-state index is -0.751. The molecule has 0 saturated heterocycles. The molecule has 0 aromatic carbocycles. The van der Waals surface area contributed by atoms with Gasteiger partial charge in [-0.25, -0.2) is 0 Å². The lowest BCUT2D eigenvalue weighted by atomic mass is 9.94. The first-order valence-corrected chi connectivity index (χ1v) is 8.49. The number of carboxylic acid groups (broad SMARTS) is 1. The molecule has 1 unspecified atom stereocenters. The lowest BCUT2D eigenvalue weighted by Gasteiger charge is -2.23. The third kappa shape index (κ3) is 12.0. The zero-order valence-electron chi connectivity index (χ0n) is 14.2. The Balaban J connectivity index is 0. The quantitative estimate of drug-likeness (QED) is 0.434. The van der Waals surface area contributed by atoms with Gasteiger partial charge in [0, 0.05) is 0 Å². The topological polar surface area (TPSA) is 49.3 Å². The summed E-state index contributed by atoms with van der Waals surface area (Å²) in [5, 5.41) is 12.0. The van der Waals surface area contributed by atoms with E-state index in [-0.39, 0.29) is 12.4 Å². The molecule has 0 aliphatic carbocycles. The van der Waals surface area contributed by atoms with Gasteiger partial charge < -0.3 is 10.4 Å². The first kappa shape index (κ1) is 23.0. The first-order valence-electron chi connectivity index (χ1n) is 8.49. The molecule has 0 amide bonds. The Morgan fingerprint density at radius 1 is 0.905 bits per heavy atom. The molecule has 21 heavy (non-hydrogen) atoms. The molecule has 2 N–H and O–H groups in total. The lowest BCUT2D eigenvalue weighted by Crippen LogP contribution is -2.47. The summed E-state index contributed by atoms with van der Waals surface area (Å²) < 4.78 is 0. The number of hydrogen-bond donors (Lipinski definition) is 2. The number of unbranched alkanes of at least 4 members (excludes halogenated alkanes) is 10. The van der Waals surface area contributed by atoms with E-state index < -0.39 is 11.5 Å². The van der Waals surface area contributed by atoms with Crippen molar-refractivity contribution in [1.29, 1.82) is 0 Å².